The largest absolute Gasteiger partial charge is 0.322 e. The van der Waals surface area contributed by atoms with Gasteiger partial charge >= 0.3 is 0 Å². The summed E-state index contributed by atoms with van der Waals surface area (Å²) in [5, 5.41) is 2.93. The summed E-state index contributed by atoms with van der Waals surface area (Å²) < 4.78 is 0. The van der Waals surface area contributed by atoms with E-state index in [1.165, 1.54) is 0 Å². The first-order valence-corrected chi connectivity index (χ1v) is 9.32. The average Bonchev–Trinajstić information content (AvgIpc) is 3.10. The number of nitrogens with zero attached hydrogens (tertiary/aromatic N) is 1. The van der Waals surface area contributed by atoms with Crippen molar-refractivity contribution in [2.45, 2.75) is 5.37 Å². The third-order valence-corrected chi connectivity index (χ3v) is 5.91. The Labute approximate surface area is 150 Å². The van der Waals surface area contributed by atoms with Crippen molar-refractivity contribution in [1.82, 2.24) is 4.90 Å². The molecule has 0 aliphatic carbocycles. The summed E-state index contributed by atoms with van der Waals surface area (Å²) in [5.74, 6) is 0.991. The standard InChI is InChI=1S/C20H16ClNOS/c21-18-8-4-3-7-17(18)20-22(11-12-24-20)19(23)16-10-9-14-5-1-2-6-15(14)13-16/h1-10,13,20H,11-12H2. The maximum atomic E-state index is 13.1. The summed E-state index contributed by atoms with van der Waals surface area (Å²) in [4.78, 5) is 15.0. The molecule has 24 heavy (non-hydrogen) atoms. The highest BCUT2D eigenvalue weighted by atomic mass is 35.5. The number of halogens is 1. The van der Waals surface area contributed by atoms with Crippen LogP contribution in [0.2, 0.25) is 5.02 Å². The zero-order valence-corrected chi connectivity index (χ0v) is 14.6. The highest BCUT2D eigenvalue weighted by Crippen LogP contribution is 2.41. The van der Waals surface area contributed by atoms with Crippen LogP contribution in [-0.4, -0.2) is 23.1 Å². The van der Waals surface area contributed by atoms with E-state index in [2.05, 4.69) is 6.07 Å². The molecule has 3 aromatic carbocycles. The van der Waals surface area contributed by atoms with Gasteiger partial charge in [0.15, 0.2) is 0 Å². The molecular weight excluding hydrogens is 338 g/mol. The van der Waals surface area contributed by atoms with E-state index in [-0.39, 0.29) is 11.3 Å². The minimum atomic E-state index is -0.0160. The second-order valence-corrected chi connectivity index (χ2v) is 7.40. The van der Waals surface area contributed by atoms with Crippen molar-refractivity contribution in [2.24, 2.45) is 0 Å². The number of amides is 1. The van der Waals surface area contributed by atoms with Gasteiger partial charge in [-0.3, -0.25) is 4.79 Å². The Morgan fingerprint density at radius 3 is 2.58 bits per heavy atom. The van der Waals surface area contributed by atoms with Crippen LogP contribution in [0.5, 0.6) is 0 Å². The second-order valence-electron chi connectivity index (χ2n) is 5.81. The first kappa shape index (κ1) is 15.6. The van der Waals surface area contributed by atoms with Gasteiger partial charge in [-0.2, -0.15) is 0 Å². The van der Waals surface area contributed by atoms with E-state index in [0.29, 0.717) is 5.02 Å². The van der Waals surface area contributed by atoms with Crippen molar-refractivity contribution in [3.63, 3.8) is 0 Å². The molecule has 0 spiro atoms. The lowest BCUT2D eigenvalue weighted by Gasteiger charge is -2.25. The van der Waals surface area contributed by atoms with Crippen LogP contribution in [-0.2, 0) is 0 Å². The zero-order chi connectivity index (χ0) is 16.5. The second kappa shape index (κ2) is 6.50. The Bertz CT molecular complexity index is 911. The van der Waals surface area contributed by atoms with Crippen LogP contribution in [0.15, 0.2) is 66.7 Å². The van der Waals surface area contributed by atoms with Gasteiger partial charge in [-0.05, 0) is 29.0 Å². The van der Waals surface area contributed by atoms with Crippen LogP contribution in [0.25, 0.3) is 10.8 Å². The van der Waals surface area contributed by atoms with Gasteiger partial charge in [0.1, 0.15) is 5.37 Å². The third-order valence-electron chi connectivity index (χ3n) is 4.32. The highest BCUT2D eigenvalue weighted by molar-refractivity contribution is 7.99. The predicted molar refractivity (Wildman–Crippen MR) is 102 cm³/mol. The average molecular weight is 354 g/mol. The zero-order valence-electron chi connectivity index (χ0n) is 13.0. The van der Waals surface area contributed by atoms with E-state index in [1.807, 2.05) is 65.6 Å². The van der Waals surface area contributed by atoms with E-state index in [1.54, 1.807) is 11.8 Å². The van der Waals surface area contributed by atoms with Crippen LogP contribution in [0.3, 0.4) is 0 Å². The molecule has 0 aromatic heterocycles. The Kier molecular flexibility index (Phi) is 4.21. The fourth-order valence-electron chi connectivity index (χ4n) is 3.10. The lowest BCUT2D eigenvalue weighted by molar-refractivity contribution is 0.0760. The molecule has 1 aliphatic heterocycles. The number of fused-ring (bicyclic) bond motifs is 1. The Hall–Kier alpha value is -1.97. The molecule has 0 bridgehead atoms. The summed E-state index contributed by atoms with van der Waals surface area (Å²) in [6, 6.07) is 21.8. The lowest BCUT2D eigenvalue weighted by atomic mass is 10.1. The van der Waals surface area contributed by atoms with E-state index in [4.69, 9.17) is 11.6 Å². The van der Waals surface area contributed by atoms with Gasteiger partial charge in [0.05, 0.1) is 0 Å². The van der Waals surface area contributed by atoms with Crippen LogP contribution in [0.4, 0.5) is 0 Å². The van der Waals surface area contributed by atoms with Gasteiger partial charge in [0.25, 0.3) is 5.91 Å². The van der Waals surface area contributed by atoms with Gasteiger partial charge in [-0.1, -0.05) is 60.1 Å². The van der Waals surface area contributed by atoms with E-state index < -0.39 is 0 Å². The number of hydrogen-bond acceptors (Lipinski definition) is 2. The smallest absolute Gasteiger partial charge is 0.255 e. The molecule has 1 heterocycles. The molecule has 1 amide bonds. The molecular formula is C20H16ClNOS. The molecule has 1 aliphatic rings. The van der Waals surface area contributed by atoms with Crippen molar-refractivity contribution in [3.8, 4) is 0 Å². The topological polar surface area (TPSA) is 20.3 Å². The molecule has 1 unspecified atom stereocenters. The number of benzene rings is 3. The molecule has 1 saturated heterocycles. The van der Waals surface area contributed by atoms with E-state index >= 15 is 0 Å². The van der Waals surface area contributed by atoms with Gasteiger partial charge in [0.2, 0.25) is 0 Å². The molecule has 0 radical (unpaired) electrons. The summed E-state index contributed by atoms with van der Waals surface area (Å²) in [7, 11) is 0. The Morgan fingerprint density at radius 2 is 1.75 bits per heavy atom. The van der Waals surface area contributed by atoms with Crippen molar-refractivity contribution in [3.05, 3.63) is 82.9 Å². The van der Waals surface area contributed by atoms with Crippen LogP contribution >= 0.6 is 23.4 Å². The van der Waals surface area contributed by atoms with Gasteiger partial charge < -0.3 is 4.90 Å². The number of thioether (sulfide) groups is 1. The fraction of sp³-hybridized carbons (Fsp3) is 0.150. The predicted octanol–water partition coefficient (Wildman–Crippen LogP) is 5.38. The molecule has 1 fully saturated rings. The first-order chi connectivity index (χ1) is 11.7. The maximum Gasteiger partial charge on any atom is 0.255 e. The molecule has 1 atom stereocenters. The monoisotopic (exact) mass is 353 g/mol. The molecule has 4 rings (SSSR count). The summed E-state index contributed by atoms with van der Waals surface area (Å²) in [6.45, 7) is 0.742. The number of carbonyl (C=O) groups excluding carboxylic acids is 1. The number of hydrogen-bond donors (Lipinski definition) is 0. The number of carbonyl (C=O) groups is 1. The van der Waals surface area contributed by atoms with Gasteiger partial charge in [-0.25, -0.2) is 0 Å². The minimum absolute atomic E-state index is 0.0160. The fourth-order valence-corrected chi connectivity index (χ4v) is 4.69. The van der Waals surface area contributed by atoms with Crippen LogP contribution < -0.4 is 0 Å². The van der Waals surface area contributed by atoms with Crippen molar-refractivity contribution >= 4 is 40.0 Å². The molecule has 4 heteroatoms. The van der Waals surface area contributed by atoms with Crippen molar-refractivity contribution in [2.75, 3.05) is 12.3 Å². The normalized spacial score (nSPS) is 17.4. The highest BCUT2D eigenvalue weighted by Gasteiger charge is 2.32. The first-order valence-electron chi connectivity index (χ1n) is 7.90. The number of rotatable bonds is 2. The molecule has 2 nitrogen and oxygen atoms in total. The SMILES string of the molecule is O=C(c1ccc2ccccc2c1)N1CCSC1c1ccccc1Cl. The summed E-state index contributed by atoms with van der Waals surface area (Å²) >= 11 is 8.11. The molecule has 0 N–H and O–H groups in total. The van der Waals surface area contributed by atoms with E-state index in [0.717, 1.165) is 34.2 Å². The quantitative estimate of drug-likeness (QED) is 0.616. The van der Waals surface area contributed by atoms with Gasteiger partial charge in [0, 0.05) is 28.4 Å². The van der Waals surface area contributed by atoms with E-state index in [9.17, 15) is 4.79 Å². The van der Waals surface area contributed by atoms with Crippen LogP contribution in [0.1, 0.15) is 21.3 Å². The maximum absolute atomic E-state index is 13.1. The molecule has 120 valence electrons. The van der Waals surface area contributed by atoms with Crippen molar-refractivity contribution in [1.29, 1.82) is 0 Å². The van der Waals surface area contributed by atoms with Crippen molar-refractivity contribution < 1.29 is 4.79 Å². The third kappa shape index (κ3) is 2.79. The minimum Gasteiger partial charge on any atom is -0.322 e. The summed E-state index contributed by atoms with van der Waals surface area (Å²) in [6.07, 6.45) is 0. The Balaban J connectivity index is 1.68. The molecule has 3 aromatic rings. The lowest BCUT2D eigenvalue weighted by Crippen LogP contribution is -2.30. The molecule has 0 saturated carbocycles. The van der Waals surface area contributed by atoms with Gasteiger partial charge in [-0.15, -0.1) is 11.8 Å². The Morgan fingerprint density at radius 1 is 1.00 bits per heavy atom. The van der Waals surface area contributed by atoms with Crippen LogP contribution in [0, 0.1) is 0 Å². The summed E-state index contributed by atoms with van der Waals surface area (Å²) in [5.41, 5.74) is 1.74.